The van der Waals surface area contributed by atoms with Gasteiger partial charge in [-0.2, -0.15) is 15.8 Å². The molecule has 0 heterocycles. The fourth-order valence-corrected chi connectivity index (χ4v) is 4.86. The average Bonchev–Trinajstić information content (AvgIpc) is 2.77. The number of benzene rings is 1. The van der Waals surface area contributed by atoms with Crippen LogP contribution in [0.2, 0.25) is 0 Å². The SMILES string of the molecule is CC[C@@H]1CC=C2C(C#N)C(=N)C(C#N)(C#N)[C@H](c3cc(OC)ccc3OC)[C@H]2C1. The zero-order valence-electron chi connectivity index (χ0n) is 16.9. The molecular formula is C23H24N4O2. The molecule has 0 aromatic heterocycles. The van der Waals surface area contributed by atoms with Gasteiger partial charge in [0.1, 0.15) is 17.4 Å². The molecule has 2 aliphatic carbocycles. The van der Waals surface area contributed by atoms with Gasteiger partial charge >= 0.3 is 0 Å². The van der Waals surface area contributed by atoms with E-state index in [4.69, 9.17) is 14.9 Å². The maximum absolute atomic E-state index is 10.1. The molecule has 148 valence electrons. The van der Waals surface area contributed by atoms with Crippen molar-refractivity contribution in [1.82, 2.24) is 0 Å². The Morgan fingerprint density at radius 3 is 2.45 bits per heavy atom. The van der Waals surface area contributed by atoms with Crippen LogP contribution in [-0.4, -0.2) is 19.9 Å². The van der Waals surface area contributed by atoms with E-state index in [1.165, 1.54) is 0 Å². The molecule has 0 bridgehead atoms. The van der Waals surface area contributed by atoms with Crippen molar-refractivity contribution >= 4 is 5.71 Å². The molecule has 1 fully saturated rings. The Balaban J connectivity index is 2.32. The average molecular weight is 388 g/mol. The highest BCUT2D eigenvalue weighted by Crippen LogP contribution is 2.57. The molecule has 0 aliphatic heterocycles. The first-order chi connectivity index (χ1) is 14.0. The summed E-state index contributed by atoms with van der Waals surface area (Å²) in [6.07, 6.45) is 4.65. The minimum absolute atomic E-state index is 0.141. The van der Waals surface area contributed by atoms with Gasteiger partial charge in [0.15, 0.2) is 5.41 Å². The van der Waals surface area contributed by atoms with Crippen molar-refractivity contribution in [3.63, 3.8) is 0 Å². The number of fused-ring (bicyclic) bond motifs is 1. The summed E-state index contributed by atoms with van der Waals surface area (Å²) in [4.78, 5) is 0. The summed E-state index contributed by atoms with van der Waals surface area (Å²) in [5, 5.41) is 38.8. The number of ether oxygens (including phenoxy) is 2. The van der Waals surface area contributed by atoms with E-state index in [9.17, 15) is 15.8 Å². The number of nitrogens with zero attached hydrogens (tertiary/aromatic N) is 3. The number of nitrogens with one attached hydrogen (secondary N) is 1. The maximum Gasteiger partial charge on any atom is 0.189 e. The minimum atomic E-state index is -1.74. The van der Waals surface area contributed by atoms with Crippen LogP contribution in [-0.2, 0) is 0 Å². The maximum atomic E-state index is 10.1. The Morgan fingerprint density at radius 2 is 1.90 bits per heavy atom. The second-order valence-corrected chi connectivity index (χ2v) is 7.65. The van der Waals surface area contributed by atoms with Gasteiger partial charge in [-0.3, -0.25) is 0 Å². The predicted molar refractivity (Wildman–Crippen MR) is 107 cm³/mol. The molecule has 1 aromatic carbocycles. The van der Waals surface area contributed by atoms with E-state index in [0.29, 0.717) is 23.0 Å². The van der Waals surface area contributed by atoms with Gasteiger partial charge < -0.3 is 14.9 Å². The number of rotatable bonds is 4. The lowest BCUT2D eigenvalue weighted by molar-refractivity contribution is 0.264. The summed E-state index contributed by atoms with van der Waals surface area (Å²) in [5.41, 5.74) is -0.350. The van der Waals surface area contributed by atoms with Gasteiger partial charge in [0.2, 0.25) is 0 Å². The predicted octanol–water partition coefficient (Wildman–Crippen LogP) is 4.36. The van der Waals surface area contributed by atoms with Crippen LogP contribution in [0, 0.1) is 62.6 Å². The highest BCUT2D eigenvalue weighted by Gasteiger charge is 2.58. The molecule has 1 N–H and O–H groups in total. The van der Waals surface area contributed by atoms with Gasteiger partial charge in [0, 0.05) is 11.5 Å². The fourth-order valence-electron chi connectivity index (χ4n) is 4.86. The van der Waals surface area contributed by atoms with E-state index < -0.39 is 17.3 Å². The highest BCUT2D eigenvalue weighted by molar-refractivity contribution is 6.01. The molecule has 1 saturated carbocycles. The van der Waals surface area contributed by atoms with Crippen molar-refractivity contribution in [2.24, 2.45) is 23.2 Å². The zero-order chi connectivity index (χ0) is 21.2. The molecule has 3 rings (SSSR count). The molecular weight excluding hydrogens is 364 g/mol. The van der Waals surface area contributed by atoms with Crippen LogP contribution in [0.15, 0.2) is 29.8 Å². The molecule has 29 heavy (non-hydrogen) atoms. The van der Waals surface area contributed by atoms with Crippen molar-refractivity contribution in [2.75, 3.05) is 14.2 Å². The Kier molecular flexibility index (Phi) is 5.62. The molecule has 2 aliphatic rings. The van der Waals surface area contributed by atoms with Crippen molar-refractivity contribution in [3.8, 4) is 29.7 Å². The molecule has 1 unspecified atom stereocenters. The Labute approximate surface area is 171 Å². The van der Waals surface area contributed by atoms with Crippen LogP contribution in [0.25, 0.3) is 0 Å². The number of methoxy groups -OCH3 is 2. The summed E-state index contributed by atoms with van der Waals surface area (Å²) in [7, 11) is 3.10. The molecule has 0 amide bonds. The third kappa shape index (κ3) is 3.04. The monoisotopic (exact) mass is 388 g/mol. The second kappa shape index (κ2) is 7.98. The largest absolute Gasteiger partial charge is 0.497 e. The van der Waals surface area contributed by atoms with Crippen LogP contribution in [0.3, 0.4) is 0 Å². The van der Waals surface area contributed by atoms with Gasteiger partial charge in [-0.25, -0.2) is 0 Å². The van der Waals surface area contributed by atoms with Crippen molar-refractivity contribution in [2.45, 2.75) is 32.1 Å². The first-order valence-corrected chi connectivity index (χ1v) is 9.74. The molecule has 0 radical (unpaired) electrons. The van der Waals surface area contributed by atoms with Gasteiger partial charge in [-0.15, -0.1) is 0 Å². The zero-order valence-corrected chi connectivity index (χ0v) is 16.9. The first-order valence-electron chi connectivity index (χ1n) is 9.74. The van der Waals surface area contributed by atoms with Crippen LogP contribution < -0.4 is 9.47 Å². The lowest BCUT2D eigenvalue weighted by Gasteiger charge is -2.47. The van der Waals surface area contributed by atoms with Crippen LogP contribution >= 0.6 is 0 Å². The molecule has 6 heteroatoms. The van der Waals surface area contributed by atoms with E-state index >= 15 is 0 Å². The van der Waals surface area contributed by atoms with Crippen LogP contribution in [0.5, 0.6) is 11.5 Å². The lowest BCUT2D eigenvalue weighted by atomic mass is 9.52. The second-order valence-electron chi connectivity index (χ2n) is 7.65. The fraction of sp³-hybridized carbons (Fsp3) is 0.478. The van der Waals surface area contributed by atoms with E-state index in [2.05, 4.69) is 31.2 Å². The van der Waals surface area contributed by atoms with Crippen molar-refractivity contribution in [3.05, 3.63) is 35.4 Å². The van der Waals surface area contributed by atoms with Gasteiger partial charge in [0.25, 0.3) is 0 Å². The molecule has 1 aromatic rings. The Hall–Kier alpha value is -3.30. The molecule has 6 nitrogen and oxygen atoms in total. The summed E-state index contributed by atoms with van der Waals surface area (Å²) in [6, 6.07) is 11.7. The summed E-state index contributed by atoms with van der Waals surface area (Å²) < 4.78 is 11.0. The van der Waals surface area contributed by atoms with Gasteiger partial charge in [0.05, 0.1) is 38.1 Å². The number of hydrogen-bond acceptors (Lipinski definition) is 6. The molecule has 0 spiro atoms. The summed E-state index contributed by atoms with van der Waals surface area (Å²) >= 11 is 0. The van der Waals surface area contributed by atoms with Crippen molar-refractivity contribution in [1.29, 1.82) is 21.2 Å². The third-order valence-electron chi connectivity index (χ3n) is 6.45. The molecule has 4 atom stereocenters. The standard InChI is InChI=1S/C23H24N4O2/c1-4-14-5-7-16-17(9-14)21(18-10-15(28-2)6-8-20(18)29-3)23(12-25,13-26)22(27)19(16)11-24/h6-8,10,14,17,19,21,27H,4-5,9H2,1-3H3/t14-,17+,19?,21+/m1/s1. The highest BCUT2D eigenvalue weighted by atomic mass is 16.5. The van der Waals surface area contributed by atoms with Crippen LogP contribution in [0.4, 0.5) is 0 Å². The number of nitriles is 3. The molecule has 0 saturated heterocycles. The van der Waals surface area contributed by atoms with Gasteiger partial charge in [-0.05, 0) is 48.4 Å². The lowest BCUT2D eigenvalue weighted by Crippen LogP contribution is -2.49. The minimum Gasteiger partial charge on any atom is -0.497 e. The van der Waals surface area contributed by atoms with E-state index in [1.54, 1.807) is 32.4 Å². The third-order valence-corrected chi connectivity index (χ3v) is 6.45. The number of hydrogen-bond donors (Lipinski definition) is 1. The van der Waals surface area contributed by atoms with E-state index in [1.807, 2.05) is 0 Å². The smallest absolute Gasteiger partial charge is 0.189 e. The topological polar surface area (TPSA) is 114 Å². The normalized spacial score (nSPS) is 27.4. The quantitative estimate of drug-likeness (QED) is 0.770. The van der Waals surface area contributed by atoms with Crippen LogP contribution in [0.1, 0.15) is 37.7 Å². The summed E-state index contributed by atoms with van der Waals surface area (Å²) in [5.74, 6) is -0.0951. The van der Waals surface area contributed by atoms with E-state index in [-0.39, 0.29) is 11.6 Å². The van der Waals surface area contributed by atoms with E-state index in [0.717, 1.165) is 24.8 Å². The summed E-state index contributed by atoms with van der Waals surface area (Å²) in [6.45, 7) is 2.12. The Bertz CT molecular complexity index is 962. The van der Waals surface area contributed by atoms with Gasteiger partial charge in [-0.1, -0.05) is 19.4 Å². The Morgan fingerprint density at radius 1 is 1.17 bits per heavy atom. The first kappa shape index (κ1) is 20.4. The number of allylic oxidation sites excluding steroid dienone is 2. The van der Waals surface area contributed by atoms with Crippen molar-refractivity contribution < 1.29 is 9.47 Å².